The number of carbonyl (C=O) groups excluding carboxylic acids is 1. The summed E-state index contributed by atoms with van der Waals surface area (Å²) in [6.45, 7) is 0. The molecule has 0 bridgehead atoms. The minimum Gasteiger partial charge on any atom is -0.323 e. The minimum absolute atomic E-state index is 0.172. The van der Waals surface area contributed by atoms with Crippen LogP contribution in [0.4, 0.5) is 14.5 Å². The number of hydrogen-bond acceptors (Lipinski definition) is 1. The van der Waals surface area contributed by atoms with Crippen molar-refractivity contribution >= 4 is 11.6 Å². The second-order valence-electron chi connectivity index (χ2n) is 5.02. The lowest BCUT2D eigenvalue weighted by Gasteiger charge is -2.16. The van der Waals surface area contributed by atoms with Gasteiger partial charge in [0, 0.05) is 0 Å². The third-order valence-corrected chi connectivity index (χ3v) is 3.70. The van der Waals surface area contributed by atoms with Gasteiger partial charge in [-0.1, -0.05) is 24.3 Å². The van der Waals surface area contributed by atoms with E-state index in [1.165, 1.54) is 24.3 Å². The van der Waals surface area contributed by atoms with Crippen molar-refractivity contribution in [2.75, 3.05) is 5.32 Å². The fourth-order valence-corrected chi connectivity index (χ4v) is 2.35. The summed E-state index contributed by atoms with van der Waals surface area (Å²) in [5, 5.41) is 2.62. The first kappa shape index (κ1) is 12.8. The number of amides is 1. The van der Waals surface area contributed by atoms with Crippen LogP contribution in [0.3, 0.4) is 0 Å². The third kappa shape index (κ3) is 2.18. The maximum atomic E-state index is 13.5. The molecule has 3 rings (SSSR count). The van der Waals surface area contributed by atoms with Crippen LogP contribution in [0.2, 0.25) is 0 Å². The van der Waals surface area contributed by atoms with Crippen molar-refractivity contribution in [1.29, 1.82) is 0 Å². The van der Waals surface area contributed by atoms with Gasteiger partial charge in [0.2, 0.25) is 5.91 Å². The predicted octanol–water partition coefficient (Wildman–Crippen LogP) is 3.64. The molecule has 2 aromatic rings. The zero-order chi connectivity index (χ0) is 14.2. The molecule has 1 amide bonds. The summed E-state index contributed by atoms with van der Waals surface area (Å²) >= 11 is 0. The molecule has 2 aromatic carbocycles. The lowest BCUT2D eigenvalue weighted by Crippen LogP contribution is -2.28. The Labute approximate surface area is 115 Å². The molecule has 0 radical (unpaired) electrons. The first-order valence-corrected chi connectivity index (χ1v) is 6.44. The van der Waals surface area contributed by atoms with Gasteiger partial charge in [-0.15, -0.1) is 0 Å². The van der Waals surface area contributed by atoms with E-state index in [0.717, 1.165) is 5.56 Å². The van der Waals surface area contributed by atoms with E-state index in [4.69, 9.17) is 0 Å². The van der Waals surface area contributed by atoms with E-state index in [0.29, 0.717) is 12.8 Å². The molecule has 0 unspecified atom stereocenters. The predicted molar refractivity (Wildman–Crippen MR) is 72.3 cm³/mol. The average Bonchev–Trinajstić information content (AvgIpc) is 3.24. The van der Waals surface area contributed by atoms with Crippen LogP contribution in [0.1, 0.15) is 18.4 Å². The molecule has 0 saturated heterocycles. The zero-order valence-corrected chi connectivity index (χ0v) is 10.7. The number of hydrogen-bond donors (Lipinski definition) is 1. The number of benzene rings is 2. The molecule has 4 heteroatoms. The number of anilines is 1. The molecule has 102 valence electrons. The summed E-state index contributed by atoms with van der Waals surface area (Å²) in [4.78, 5) is 12.4. The van der Waals surface area contributed by atoms with E-state index < -0.39 is 11.2 Å². The van der Waals surface area contributed by atoms with Crippen molar-refractivity contribution in [3.8, 4) is 0 Å². The molecule has 0 atom stereocenters. The van der Waals surface area contributed by atoms with Crippen molar-refractivity contribution in [2.24, 2.45) is 0 Å². The first-order chi connectivity index (χ1) is 9.62. The van der Waals surface area contributed by atoms with Crippen molar-refractivity contribution in [3.63, 3.8) is 0 Å². The Bertz CT molecular complexity index is 648. The normalized spacial score (nSPS) is 15.7. The van der Waals surface area contributed by atoms with Gasteiger partial charge < -0.3 is 5.32 Å². The zero-order valence-electron chi connectivity index (χ0n) is 10.7. The van der Waals surface area contributed by atoms with Gasteiger partial charge in [0.1, 0.15) is 11.6 Å². The van der Waals surface area contributed by atoms with Crippen molar-refractivity contribution in [2.45, 2.75) is 18.3 Å². The number of halogens is 2. The molecule has 1 fully saturated rings. The van der Waals surface area contributed by atoms with Crippen molar-refractivity contribution in [1.82, 2.24) is 0 Å². The van der Waals surface area contributed by atoms with Gasteiger partial charge in [-0.2, -0.15) is 0 Å². The van der Waals surface area contributed by atoms with E-state index in [1.54, 1.807) is 24.3 Å². The van der Waals surface area contributed by atoms with E-state index >= 15 is 0 Å². The Kier molecular flexibility index (Phi) is 3.01. The lowest BCUT2D eigenvalue weighted by molar-refractivity contribution is -0.118. The maximum absolute atomic E-state index is 13.5. The topological polar surface area (TPSA) is 29.1 Å². The van der Waals surface area contributed by atoms with Crippen LogP contribution < -0.4 is 5.32 Å². The van der Waals surface area contributed by atoms with Crippen LogP contribution in [0.25, 0.3) is 0 Å². The molecule has 0 spiro atoms. The smallest absolute Gasteiger partial charge is 0.235 e. The average molecular weight is 273 g/mol. The maximum Gasteiger partial charge on any atom is 0.235 e. The monoisotopic (exact) mass is 273 g/mol. The quantitative estimate of drug-likeness (QED) is 0.909. The molecule has 0 aliphatic heterocycles. The summed E-state index contributed by atoms with van der Waals surface area (Å²) in [5.41, 5.74) is 0.300. The molecular weight excluding hydrogens is 260 g/mol. The fraction of sp³-hybridized carbons (Fsp3) is 0.188. The molecule has 1 aliphatic carbocycles. The van der Waals surface area contributed by atoms with Crippen LogP contribution in [0, 0.1) is 11.6 Å². The number of nitrogens with one attached hydrogen (secondary N) is 1. The highest BCUT2D eigenvalue weighted by molar-refractivity contribution is 6.01. The molecule has 1 aliphatic rings. The lowest BCUT2D eigenvalue weighted by atomic mass is 9.95. The second kappa shape index (κ2) is 4.71. The Balaban J connectivity index is 1.84. The molecule has 0 aromatic heterocycles. The first-order valence-electron chi connectivity index (χ1n) is 6.44. The Hall–Kier alpha value is -2.23. The molecule has 20 heavy (non-hydrogen) atoms. The van der Waals surface area contributed by atoms with Gasteiger partial charge in [-0.25, -0.2) is 8.78 Å². The van der Waals surface area contributed by atoms with Gasteiger partial charge >= 0.3 is 0 Å². The highest BCUT2D eigenvalue weighted by Gasteiger charge is 2.51. The van der Waals surface area contributed by atoms with Crippen LogP contribution in [-0.2, 0) is 10.2 Å². The Morgan fingerprint density at radius 1 is 1.00 bits per heavy atom. The van der Waals surface area contributed by atoms with E-state index in [9.17, 15) is 13.6 Å². The van der Waals surface area contributed by atoms with Gasteiger partial charge in [-0.05, 0) is 42.7 Å². The second-order valence-corrected chi connectivity index (χ2v) is 5.02. The Morgan fingerprint density at radius 2 is 1.65 bits per heavy atom. The van der Waals surface area contributed by atoms with Gasteiger partial charge in [-0.3, -0.25) is 4.79 Å². The van der Waals surface area contributed by atoms with Crippen LogP contribution in [0.5, 0.6) is 0 Å². The van der Waals surface area contributed by atoms with Gasteiger partial charge in [0.05, 0.1) is 11.1 Å². The van der Waals surface area contributed by atoms with E-state index in [2.05, 4.69) is 5.32 Å². The summed E-state index contributed by atoms with van der Waals surface area (Å²) in [7, 11) is 0. The number of para-hydroxylation sites is 1. The van der Waals surface area contributed by atoms with E-state index in [-0.39, 0.29) is 17.4 Å². The summed E-state index contributed by atoms with van der Waals surface area (Å²) < 4.78 is 26.5. The minimum atomic E-state index is -0.643. The van der Waals surface area contributed by atoms with Crippen LogP contribution in [-0.4, -0.2) is 5.91 Å². The molecule has 2 nitrogen and oxygen atoms in total. The van der Waals surface area contributed by atoms with E-state index in [1.807, 2.05) is 0 Å². The summed E-state index contributed by atoms with van der Waals surface area (Å²) in [6, 6.07) is 12.0. The molecule has 0 heterocycles. The third-order valence-electron chi connectivity index (χ3n) is 3.70. The molecule has 1 saturated carbocycles. The SMILES string of the molecule is O=C(Nc1ccccc1F)C1(c2ccc(F)cc2)CC1. The molecule has 1 N–H and O–H groups in total. The van der Waals surface area contributed by atoms with Crippen LogP contribution >= 0.6 is 0 Å². The van der Waals surface area contributed by atoms with Crippen LogP contribution in [0.15, 0.2) is 48.5 Å². The number of carbonyl (C=O) groups is 1. The fourth-order valence-electron chi connectivity index (χ4n) is 2.35. The highest BCUT2D eigenvalue weighted by atomic mass is 19.1. The van der Waals surface area contributed by atoms with Crippen molar-refractivity contribution in [3.05, 3.63) is 65.7 Å². The Morgan fingerprint density at radius 3 is 2.25 bits per heavy atom. The van der Waals surface area contributed by atoms with Gasteiger partial charge in [0.15, 0.2) is 0 Å². The van der Waals surface area contributed by atoms with Gasteiger partial charge in [0.25, 0.3) is 0 Å². The highest BCUT2D eigenvalue weighted by Crippen LogP contribution is 2.49. The summed E-state index contributed by atoms with van der Waals surface area (Å²) in [6.07, 6.45) is 1.39. The number of rotatable bonds is 3. The summed E-state index contributed by atoms with van der Waals surface area (Å²) in [5.74, 6) is -1.04. The molecular formula is C16H13F2NO. The largest absolute Gasteiger partial charge is 0.323 e. The standard InChI is InChI=1S/C16H13F2NO/c17-12-7-5-11(6-8-12)16(9-10-16)15(20)19-14-4-2-1-3-13(14)18/h1-8H,9-10H2,(H,19,20). The van der Waals surface area contributed by atoms with Crippen molar-refractivity contribution < 1.29 is 13.6 Å².